The van der Waals surface area contributed by atoms with Gasteiger partial charge in [-0.1, -0.05) is 52.5 Å². The zero-order chi connectivity index (χ0) is 22.2. The van der Waals surface area contributed by atoms with E-state index >= 15 is 0 Å². The number of benzene rings is 1. The summed E-state index contributed by atoms with van der Waals surface area (Å²) >= 11 is 0. The highest BCUT2D eigenvalue weighted by Gasteiger charge is 2.31. The monoisotopic (exact) mass is 427 g/mol. The first-order chi connectivity index (χ1) is 15.0. The Hall–Kier alpha value is -1.88. The fraction of sp³-hybridized carbons (Fsp3) is 0.692. The van der Waals surface area contributed by atoms with Crippen LogP contribution in [0.2, 0.25) is 0 Å². The van der Waals surface area contributed by atoms with E-state index in [4.69, 9.17) is 4.74 Å². The van der Waals surface area contributed by atoms with Gasteiger partial charge in [0.05, 0.1) is 17.0 Å². The van der Waals surface area contributed by atoms with Gasteiger partial charge in [-0.15, -0.1) is 0 Å². The van der Waals surface area contributed by atoms with Crippen molar-refractivity contribution in [3.05, 3.63) is 34.4 Å². The van der Waals surface area contributed by atoms with Crippen molar-refractivity contribution in [3.8, 4) is 0 Å². The van der Waals surface area contributed by atoms with Crippen LogP contribution in [0.5, 0.6) is 0 Å². The van der Waals surface area contributed by atoms with E-state index in [-0.39, 0.29) is 5.56 Å². The molecule has 0 amide bonds. The van der Waals surface area contributed by atoms with Crippen LogP contribution in [-0.2, 0) is 4.74 Å². The Kier molecular flexibility index (Phi) is 8.94. The smallest absolute Gasteiger partial charge is 0.260 e. The van der Waals surface area contributed by atoms with Gasteiger partial charge in [-0.05, 0) is 62.5 Å². The Morgan fingerprint density at radius 3 is 2.74 bits per heavy atom. The number of hydrogen-bond donors (Lipinski definition) is 2. The van der Waals surface area contributed by atoms with E-state index in [2.05, 4.69) is 36.1 Å². The summed E-state index contributed by atoms with van der Waals surface area (Å²) in [6, 6.07) is 5.80. The Balaban J connectivity index is 1.31. The average molecular weight is 428 g/mol. The topological polar surface area (TPSA) is 67.0 Å². The summed E-state index contributed by atoms with van der Waals surface area (Å²) in [6.07, 6.45) is 10.3. The predicted octanol–water partition coefficient (Wildman–Crippen LogP) is 6.07. The quantitative estimate of drug-likeness (QED) is 0.427. The van der Waals surface area contributed by atoms with Crippen LogP contribution in [0.3, 0.4) is 0 Å². The lowest BCUT2D eigenvalue weighted by Gasteiger charge is -2.37. The molecule has 0 spiro atoms. The van der Waals surface area contributed by atoms with Crippen molar-refractivity contribution >= 4 is 16.6 Å². The van der Waals surface area contributed by atoms with E-state index in [0.717, 1.165) is 55.0 Å². The molecule has 1 saturated carbocycles. The SMILES string of the molecule is Cc1nc2cccc(NCCCCCCCOC3CC(C)CCC3C(C)C)c2c(=O)[nH]1. The van der Waals surface area contributed by atoms with Crippen LogP contribution >= 0.6 is 0 Å². The maximum atomic E-state index is 12.3. The summed E-state index contributed by atoms with van der Waals surface area (Å²) in [5, 5.41) is 4.08. The van der Waals surface area contributed by atoms with Crippen molar-refractivity contribution in [1.82, 2.24) is 9.97 Å². The van der Waals surface area contributed by atoms with Gasteiger partial charge in [-0.25, -0.2) is 4.98 Å². The number of ether oxygens (including phenoxy) is 1. The lowest BCUT2D eigenvalue weighted by atomic mass is 9.75. The predicted molar refractivity (Wildman–Crippen MR) is 130 cm³/mol. The minimum Gasteiger partial charge on any atom is -0.384 e. The summed E-state index contributed by atoms with van der Waals surface area (Å²) < 4.78 is 6.32. The molecule has 172 valence electrons. The van der Waals surface area contributed by atoms with Gasteiger partial charge in [0.1, 0.15) is 5.82 Å². The summed E-state index contributed by atoms with van der Waals surface area (Å²) in [5.74, 6) is 2.92. The molecule has 0 saturated heterocycles. The third kappa shape index (κ3) is 6.80. The highest BCUT2D eigenvalue weighted by atomic mass is 16.5. The lowest BCUT2D eigenvalue weighted by Crippen LogP contribution is -2.34. The first-order valence-corrected chi connectivity index (χ1v) is 12.3. The minimum absolute atomic E-state index is 0.0716. The molecule has 0 aliphatic heterocycles. The van der Waals surface area contributed by atoms with Crippen molar-refractivity contribution in [2.24, 2.45) is 17.8 Å². The molecule has 1 fully saturated rings. The van der Waals surface area contributed by atoms with Gasteiger partial charge in [-0.3, -0.25) is 4.79 Å². The Morgan fingerprint density at radius 1 is 1.16 bits per heavy atom. The Labute approximate surface area is 187 Å². The number of aryl methyl sites for hydroxylation is 1. The van der Waals surface area contributed by atoms with Gasteiger partial charge < -0.3 is 15.0 Å². The first-order valence-electron chi connectivity index (χ1n) is 12.3. The van der Waals surface area contributed by atoms with Crippen molar-refractivity contribution in [2.75, 3.05) is 18.5 Å². The summed E-state index contributed by atoms with van der Waals surface area (Å²) in [4.78, 5) is 19.5. The van der Waals surface area contributed by atoms with E-state index in [1.807, 2.05) is 25.1 Å². The Morgan fingerprint density at radius 2 is 1.94 bits per heavy atom. The normalized spacial score (nSPS) is 21.6. The fourth-order valence-corrected chi connectivity index (χ4v) is 4.98. The van der Waals surface area contributed by atoms with Crippen molar-refractivity contribution in [2.45, 2.75) is 85.2 Å². The third-order valence-electron chi connectivity index (χ3n) is 6.78. The molecule has 5 nitrogen and oxygen atoms in total. The van der Waals surface area contributed by atoms with Gasteiger partial charge in [0.2, 0.25) is 0 Å². The van der Waals surface area contributed by atoms with Gasteiger partial charge in [-0.2, -0.15) is 0 Å². The number of H-pyrrole nitrogens is 1. The molecule has 1 aromatic carbocycles. The van der Waals surface area contributed by atoms with Gasteiger partial charge in [0.15, 0.2) is 0 Å². The second kappa shape index (κ2) is 11.7. The number of nitrogens with one attached hydrogen (secondary N) is 2. The molecule has 3 unspecified atom stereocenters. The fourth-order valence-electron chi connectivity index (χ4n) is 4.98. The van der Waals surface area contributed by atoms with Crippen molar-refractivity contribution in [1.29, 1.82) is 0 Å². The standard InChI is InChI=1S/C26H41N3O2/c1-18(2)21-14-13-19(3)17-24(21)31-16-9-7-5-6-8-15-27-22-11-10-12-23-25(22)26(30)29-20(4)28-23/h10-12,18-19,21,24,27H,5-9,13-17H2,1-4H3,(H,28,29,30). The van der Waals surface area contributed by atoms with Crippen LogP contribution < -0.4 is 10.9 Å². The molecule has 1 aliphatic rings. The van der Waals surface area contributed by atoms with Gasteiger partial charge in [0.25, 0.3) is 5.56 Å². The molecule has 2 aromatic rings. The molecular formula is C26H41N3O2. The van der Waals surface area contributed by atoms with E-state index in [9.17, 15) is 4.79 Å². The maximum Gasteiger partial charge on any atom is 0.260 e. The summed E-state index contributed by atoms with van der Waals surface area (Å²) in [5.41, 5.74) is 1.55. The van der Waals surface area contributed by atoms with Crippen LogP contribution in [0.25, 0.3) is 10.9 Å². The number of aromatic amines is 1. The van der Waals surface area contributed by atoms with E-state index < -0.39 is 0 Å². The Bertz CT molecular complexity index is 877. The molecule has 1 aliphatic carbocycles. The number of nitrogens with zero attached hydrogens (tertiary/aromatic N) is 1. The van der Waals surface area contributed by atoms with Crippen molar-refractivity contribution < 1.29 is 4.74 Å². The number of rotatable bonds is 11. The lowest BCUT2D eigenvalue weighted by molar-refractivity contribution is -0.0394. The van der Waals surface area contributed by atoms with Gasteiger partial charge >= 0.3 is 0 Å². The molecule has 2 N–H and O–H groups in total. The zero-order valence-electron chi connectivity index (χ0n) is 19.9. The summed E-state index contributed by atoms with van der Waals surface area (Å²) in [6.45, 7) is 10.6. The number of anilines is 1. The maximum absolute atomic E-state index is 12.3. The molecule has 0 bridgehead atoms. The van der Waals surface area contributed by atoms with Crippen LogP contribution in [0.15, 0.2) is 23.0 Å². The minimum atomic E-state index is -0.0716. The van der Waals surface area contributed by atoms with Crippen LogP contribution in [0, 0.1) is 24.7 Å². The largest absolute Gasteiger partial charge is 0.384 e. The highest BCUT2D eigenvalue weighted by Crippen LogP contribution is 2.35. The molecule has 5 heteroatoms. The molecule has 0 radical (unpaired) electrons. The summed E-state index contributed by atoms with van der Waals surface area (Å²) in [7, 11) is 0. The number of unbranched alkanes of at least 4 members (excludes halogenated alkanes) is 4. The zero-order valence-corrected chi connectivity index (χ0v) is 19.9. The first kappa shape index (κ1) is 23.8. The van der Waals surface area contributed by atoms with Gasteiger partial charge in [0, 0.05) is 18.8 Å². The molecule has 3 rings (SSSR count). The third-order valence-corrected chi connectivity index (χ3v) is 6.78. The highest BCUT2D eigenvalue weighted by molar-refractivity contribution is 5.90. The average Bonchev–Trinajstić information content (AvgIpc) is 2.72. The van der Waals surface area contributed by atoms with E-state index in [1.165, 1.54) is 38.5 Å². The van der Waals surface area contributed by atoms with E-state index in [1.54, 1.807) is 0 Å². The second-order valence-corrected chi connectivity index (χ2v) is 9.78. The number of fused-ring (bicyclic) bond motifs is 1. The number of hydrogen-bond acceptors (Lipinski definition) is 4. The molecular weight excluding hydrogens is 386 g/mol. The molecule has 1 aromatic heterocycles. The number of aromatic nitrogens is 2. The van der Waals surface area contributed by atoms with Crippen LogP contribution in [-0.4, -0.2) is 29.2 Å². The molecule has 3 atom stereocenters. The van der Waals surface area contributed by atoms with Crippen LogP contribution in [0.4, 0.5) is 5.69 Å². The van der Waals surface area contributed by atoms with Crippen molar-refractivity contribution in [3.63, 3.8) is 0 Å². The van der Waals surface area contributed by atoms with E-state index in [0.29, 0.717) is 17.3 Å². The van der Waals surface area contributed by atoms with Crippen LogP contribution in [0.1, 0.15) is 78.0 Å². The molecule has 31 heavy (non-hydrogen) atoms. The molecule has 1 heterocycles. The second-order valence-electron chi connectivity index (χ2n) is 9.78.